The van der Waals surface area contributed by atoms with Crippen molar-refractivity contribution in [1.29, 1.82) is 0 Å². The van der Waals surface area contributed by atoms with Crippen molar-refractivity contribution in [2.75, 3.05) is 7.11 Å². The predicted octanol–water partition coefficient (Wildman–Crippen LogP) is 1.92. The number of methoxy groups -OCH3 is 1. The van der Waals surface area contributed by atoms with Gasteiger partial charge in [-0.2, -0.15) is 0 Å². The molecule has 102 valence electrons. The van der Waals surface area contributed by atoms with E-state index in [1.54, 1.807) is 18.0 Å². The van der Waals surface area contributed by atoms with Crippen LogP contribution in [0.5, 0.6) is 0 Å². The number of aliphatic hydroxyl groups excluding tert-OH is 1. The summed E-state index contributed by atoms with van der Waals surface area (Å²) in [5.74, 6) is 0. The quantitative estimate of drug-likeness (QED) is 0.863. The zero-order valence-corrected chi connectivity index (χ0v) is 11.3. The number of hydrogen-bond donors (Lipinski definition) is 1. The Hall–Kier alpha value is -1.72. The molecule has 0 bridgehead atoms. The molecule has 0 aliphatic heterocycles. The van der Waals surface area contributed by atoms with Gasteiger partial charge < -0.3 is 9.84 Å². The standard InChI is InChI=1S/C14H19N3O2/c1-3-7-17-13(9-15-16-17)14(18)12-6-4-5-11(8-12)10-19-2/h4-6,8-9,14,18H,3,7,10H2,1-2H3. The molecule has 0 aliphatic carbocycles. The second-order valence-corrected chi connectivity index (χ2v) is 4.46. The van der Waals surface area contributed by atoms with Gasteiger partial charge in [0.15, 0.2) is 0 Å². The number of aliphatic hydroxyl groups is 1. The highest BCUT2D eigenvalue weighted by Crippen LogP contribution is 2.22. The van der Waals surface area contributed by atoms with E-state index in [4.69, 9.17) is 4.74 Å². The van der Waals surface area contributed by atoms with Crippen LogP contribution in [0.15, 0.2) is 30.5 Å². The van der Waals surface area contributed by atoms with Crippen molar-refractivity contribution in [3.63, 3.8) is 0 Å². The monoisotopic (exact) mass is 261 g/mol. The van der Waals surface area contributed by atoms with Gasteiger partial charge in [-0.3, -0.25) is 0 Å². The van der Waals surface area contributed by atoms with E-state index in [0.29, 0.717) is 6.61 Å². The van der Waals surface area contributed by atoms with Gasteiger partial charge in [-0.1, -0.05) is 36.4 Å². The number of nitrogens with zero attached hydrogens (tertiary/aromatic N) is 3. The summed E-state index contributed by atoms with van der Waals surface area (Å²) in [5, 5.41) is 18.3. The van der Waals surface area contributed by atoms with Gasteiger partial charge in [0, 0.05) is 13.7 Å². The SMILES string of the molecule is CCCn1nncc1C(O)c1cccc(COC)c1. The first-order valence-electron chi connectivity index (χ1n) is 6.40. The molecule has 1 heterocycles. The molecule has 0 radical (unpaired) electrons. The molecule has 1 aromatic carbocycles. The normalized spacial score (nSPS) is 12.6. The molecule has 5 heteroatoms. The first-order valence-corrected chi connectivity index (χ1v) is 6.40. The third-order valence-corrected chi connectivity index (χ3v) is 2.94. The van der Waals surface area contributed by atoms with E-state index >= 15 is 0 Å². The Kier molecular flexibility index (Phi) is 4.65. The van der Waals surface area contributed by atoms with Crippen molar-refractivity contribution in [1.82, 2.24) is 15.0 Å². The van der Waals surface area contributed by atoms with Crippen LogP contribution in [0.4, 0.5) is 0 Å². The highest BCUT2D eigenvalue weighted by Gasteiger charge is 2.16. The lowest BCUT2D eigenvalue weighted by Crippen LogP contribution is -2.10. The van der Waals surface area contributed by atoms with Crippen molar-refractivity contribution < 1.29 is 9.84 Å². The molecule has 1 N–H and O–H groups in total. The van der Waals surface area contributed by atoms with E-state index in [0.717, 1.165) is 29.8 Å². The fourth-order valence-electron chi connectivity index (χ4n) is 2.05. The minimum absolute atomic E-state index is 0.535. The molecule has 1 aromatic heterocycles. The van der Waals surface area contributed by atoms with Gasteiger partial charge in [0.05, 0.1) is 18.5 Å². The number of hydrogen-bond acceptors (Lipinski definition) is 4. The van der Waals surface area contributed by atoms with E-state index in [-0.39, 0.29) is 0 Å². The van der Waals surface area contributed by atoms with Gasteiger partial charge >= 0.3 is 0 Å². The second-order valence-electron chi connectivity index (χ2n) is 4.46. The van der Waals surface area contributed by atoms with Crippen LogP contribution >= 0.6 is 0 Å². The summed E-state index contributed by atoms with van der Waals surface area (Å²) in [6.45, 7) is 3.36. The van der Waals surface area contributed by atoms with Crippen LogP contribution in [0.2, 0.25) is 0 Å². The zero-order valence-electron chi connectivity index (χ0n) is 11.3. The molecule has 0 spiro atoms. The van der Waals surface area contributed by atoms with Crippen LogP contribution in [0.3, 0.4) is 0 Å². The summed E-state index contributed by atoms with van der Waals surface area (Å²) in [4.78, 5) is 0. The average Bonchev–Trinajstić information content (AvgIpc) is 2.87. The molecule has 5 nitrogen and oxygen atoms in total. The fraction of sp³-hybridized carbons (Fsp3) is 0.429. The summed E-state index contributed by atoms with van der Waals surface area (Å²) < 4.78 is 6.85. The fourth-order valence-corrected chi connectivity index (χ4v) is 2.05. The summed E-state index contributed by atoms with van der Waals surface area (Å²) in [6, 6.07) is 7.73. The molecule has 0 fully saturated rings. The van der Waals surface area contributed by atoms with Crippen molar-refractivity contribution >= 4 is 0 Å². The van der Waals surface area contributed by atoms with Gasteiger partial charge in [0.1, 0.15) is 6.10 Å². The Bertz CT molecular complexity index is 525. The van der Waals surface area contributed by atoms with E-state index in [2.05, 4.69) is 17.2 Å². The van der Waals surface area contributed by atoms with Crippen LogP contribution in [0, 0.1) is 0 Å². The summed E-state index contributed by atoms with van der Waals surface area (Å²) in [5.41, 5.74) is 2.58. The smallest absolute Gasteiger partial charge is 0.122 e. The number of aryl methyl sites for hydroxylation is 1. The lowest BCUT2D eigenvalue weighted by Gasteiger charge is -2.13. The molecule has 2 aromatic rings. The van der Waals surface area contributed by atoms with Crippen LogP contribution < -0.4 is 0 Å². The van der Waals surface area contributed by atoms with Gasteiger partial charge in [-0.05, 0) is 17.5 Å². The Morgan fingerprint density at radius 1 is 1.42 bits per heavy atom. The molecule has 0 saturated heterocycles. The topological polar surface area (TPSA) is 60.2 Å². The molecular weight excluding hydrogens is 242 g/mol. The van der Waals surface area contributed by atoms with Crippen LogP contribution in [0.1, 0.15) is 36.3 Å². The Balaban J connectivity index is 2.25. The predicted molar refractivity (Wildman–Crippen MR) is 71.5 cm³/mol. The number of aromatic nitrogens is 3. The highest BCUT2D eigenvalue weighted by molar-refractivity contribution is 5.29. The summed E-state index contributed by atoms with van der Waals surface area (Å²) >= 11 is 0. The van der Waals surface area contributed by atoms with E-state index < -0.39 is 6.10 Å². The summed E-state index contributed by atoms with van der Waals surface area (Å²) in [6.07, 6.45) is 1.86. The van der Waals surface area contributed by atoms with Crippen LogP contribution in [-0.4, -0.2) is 27.2 Å². The lowest BCUT2D eigenvalue weighted by atomic mass is 10.0. The molecule has 19 heavy (non-hydrogen) atoms. The minimum Gasteiger partial charge on any atom is -0.382 e. The first kappa shape index (κ1) is 13.7. The van der Waals surface area contributed by atoms with Gasteiger partial charge in [-0.15, -0.1) is 5.10 Å². The molecule has 1 atom stereocenters. The molecular formula is C14H19N3O2. The van der Waals surface area contributed by atoms with E-state index in [1.807, 2.05) is 24.3 Å². The number of rotatable bonds is 6. The Labute approximate surface area is 112 Å². The second kappa shape index (κ2) is 6.45. The highest BCUT2D eigenvalue weighted by atomic mass is 16.5. The molecule has 2 rings (SSSR count). The molecule has 1 unspecified atom stereocenters. The van der Waals surface area contributed by atoms with Crippen molar-refractivity contribution in [3.05, 3.63) is 47.3 Å². The minimum atomic E-state index is -0.710. The number of ether oxygens (including phenoxy) is 1. The molecule has 0 aliphatic rings. The molecule has 0 amide bonds. The van der Waals surface area contributed by atoms with Crippen molar-refractivity contribution in [2.24, 2.45) is 0 Å². The van der Waals surface area contributed by atoms with E-state index in [9.17, 15) is 5.11 Å². The van der Waals surface area contributed by atoms with Crippen LogP contribution in [0.25, 0.3) is 0 Å². The zero-order chi connectivity index (χ0) is 13.7. The van der Waals surface area contributed by atoms with Gasteiger partial charge in [-0.25, -0.2) is 4.68 Å². The summed E-state index contributed by atoms with van der Waals surface area (Å²) in [7, 11) is 1.66. The van der Waals surface area contributed by atoms with Gasteiger partial charge in [0.2, 0.25) is 0 Å². The Morgan fingerprint density at radius 2 is 2.26 bits per heavy atom. The van der Waals surface area contributed by atoms with Crippen LogP contribution in [-0.2, 0) is 17.9 Å². The Morgan fingerprint density at radius 3 is 3.00 bits per heavy atom. The molecule has 0 saturated carbocycles. The largest absolute Gasteiger partial charge is 0.382 e. The van der Waals surface area contributed by atoms with Crippen molar-refractivity contribution in [2.45, 2.75) is 32.6 Å². The first-order chi connectivity index (χ1) is 9.26. The third kappa shape index (κ3) is 3.19. The average molecular weight is 261 g/mol. The maximum absolute atomic E-state index is 10.4. The third-order valence-electron chi connectivity index (χ3n) is 2.94. The number of benzene rings is 1. The maximum Gasteiger partial charge on any atom is 0.122 e. The maximum atomic E-state index is 10.4. The van der Waals surface area contributed by atoms with Crippen molar-refractivity contribution in [3.8, 4) is 0 Å². The lowest BCUT2D eigenvalue weighted by molar-refractivity contribution is 0.183. The van der Waals surface area contributed by atoms with Gasteiger partial charge in [0.25, 0.3) is 0 Å². The van der Waals surface area contributed by atoms with E-state index in [1.165, 1.54) is 0 Å².